The van der Waals surface area contributed by atoms with E-state index in [9.17, 15) is 5.11 Å². The third-order valence-electron chi connectivity index (χ3n) is 4.48. The van der Waals surface area contributed by atoms with E-state index in [2.05, 4.69) is 26.1 Å². The van der Waals surface area contributed by atoms with E-state index in [0.717, 1.165) is 22.3 Å². The molecular formula is C23H21Cl4NO. The zero-order valence-electron chi connectivity index (χ0n) is 16.3. The third-order valence-corrected chi connectivity index (χ3v) is 5.96. The van der Waals surface area contributed by atoms with Crippen molar-refractivity contribution < 1.29 is 5.11 Å². The van der Waals surface area contributed by atoms with E-state index in [1.807, 2.05) is 30.3 Å². The van der Waals surface area contributed by atoms with Gasteiger partial charge >= 0.3 is 0 Å². The van der Waals surface area contributed by atoms with Crippen LogP contribution in [0.2, 0.25) is 20.1 Å². The maximum absolute atomic E-state index is 11.0. The highest BCUT2D eigenvalue weighted by Crippen LogP contribution is 2.40. The van der Waals surface area contributed by atoms with Gasteiger partial charge in [-0.05, 0) is 73.9 Å². The lowest BCUT2D eigenvalue weighted by molar-refractivity contribution is 0.412. The van der Waals surface area contributed by atoms with Crippen LogP contribution in [0.25, 0.3) is 22.3 Å². The molecule has 3 aromatic carbocycles. The Morgan fingerprint density at radius 2 is 1.28 bits per heavy atom. The predicted molar refractivity (Wildman–Crippen MR) is 126 cm³/mol. The minimum Gasteiger partial charge on any atom is -0.507 e. The Morgan fingerprint density at radius 1 is 0.724 bits per heavy atom. The van der Waals surface area contributed by atoms with Gasteiger partial charge in [0.2, 0.25) is 0 Å². The van der Waals surface area contributed by atoms with Gasteiger partial charge in [0.05, 0.1) is 20.1 Å². The SMILES string of the molecule is CC(C)(C)NCc1cc(-c2ccc(Cl)c(Cl)c2)cc(-c2ccc(Cl)c(Cl)c2)c1O. The summed E-state index contributed by atoms with van der Waals surface area (Å²) in [5, 5.41) is 16.3. The Morgan fingerprint density at radius 3 is 1.83 bits per heavy atom. The van der Waals surface area contributed by atoms with Gasteiger partial charge < -0.3 is 10.4 Å². The first-order valence-electron chi connectivity index (χ1n) is 9.07. The quantitative estimate of drug-likeness (QED) is 0.404. The first-order valence-corrected chi connectivity index (χ1v) is 10.6. The van der Waals surface area contributed by atoms with E-state index in [0.29, 0.717) is 32.2 Å². The molecule has 2 nitrogen and oxygen atoms in total. The number of aromatic hydroxyl groups is 1. The maximum Gasteiger partial charge on any atom is 0.127 e. The molecule has 3 rings (SSSR count). The van der Waals surface area contributed by atoms with Gasteiger partial charge in [-0.2, -0.15) is 0 Å². The lowest BCUT2D eigenvalue weighted by Crippen LogP contribution is -2.35. The van der Waals surface area contributed by atoms with Crippen molar-refractivity contribution in [2.24, 2.45) is 0 Å². The number of hydrogen-bond donors (Lipinski definition) is 2. The minimum atomic E-state index is -0.101. The summed E-state index contributed by atoms with van der Waals surface area (Å²) in [6, 6.07) is 14.6. The van der Waals surface area contributed by atoms with Gasteiger partial charge in [-0.25, -0.2) is 0 Å². The molecule has 0 aliphatic heterocycles. The molecule has 152 valence electrons. The predicted octanol–water partition coefficient (Wildman–Crippen LogP) is 8.23. The molecule has 0 saturated carbocycles. The summed E-state index contributed by atoms with van der Waals surface area (Å²) < 4.78 is 0. The second kappa shape index (κ2) is 8.75. The highest BCUT2D eigenvalue weighted by Gasteiger charge is 2.17. The second-order valence-electron chi connectivity index (χ2n) is 7.89. The molecule has 0 spiro atoms. The summed E-state index contributed by atoms with van der Waals surface area (Å²) in [5.41, 5.74) is 3.92. The summed E-state index contributed by atoms with van der Waals surface area (Å²) >= 11 is 24.6. The number of benzene rings is 3. The van der Waals surface area contributed by atoms with Gasteiger partial charge in [0.1, 0.15) is 5.75 Å². The number of phenols is 1. The van der Waals surface area contributed by atoms with E-state index >= 15 is 0 Å². The molecule has 0 unspecified atom stereocenters. The van der Waals surface area contributed by atoms with E-state index in [1.165, 1.54) is 0 Å². The summed E-state index contributed by atoms with van der Waals surface area (Å²) in [4.78, 5) is 0. The van der Waals surface area contributed by atoms with Crippen molar-refractivity contribution in [2.45, 2.75) is 32.9 Å². The zero-order chi connectivity index (χ0) is 21.3. The zero-order valence-corrected chi connectivity index (χ0v) is 19.3. The minimum absolute atomic E-state index is 0.101. The smallest absolute Gasteiger partial charge is 0.127 e. The van der Waals surface area contributed by atoms with Gasteiger partial charge in [0.25, 0.3) is 0 Å². The summed E-state index contributed by atoms with van der Waals surface area (Å²) in [6.07, 6.45) is 0. The number of halogens is 4. The Balaban J connectivity index is 2.17. The Kier molecular flexibility index (Phi) is 6.72. The molecule has 0 amide bonds. The van der Waals surface area contributed by atoms with Gasteiger partial charge in [0, 0.05) is 23.2 Å². The summed E-state index contributed by atoms with van der Waals surface area (Å²) in [6.45, 7) is 6.73. The number of nitrogens with one attached hydrogen (secondary N) is 1. The summed E-state index contributed by atoms with van der Waals surface area (Å²) in [5.74, 6) is 0.198. The lowest BCUT2D eigenvalue weighted by atomic mass is 9.94. The molecule has 2 N–H and O–H groups in total. The number of phenolic OH excluding ortho intramolecular Hbond substituents is 1. The van der Waals surface area contributed by atoms with Crippen LogP contribution in [0.3, 0.4) is 0 Å². The highest BCUT2D eigenvalue weighted by atomic mass is 35.5. The third kappa shape index (κ3) is 5.39. The fourth-order valence-corrected chi connectivity index (χ4v) is 3.51. The van der Waals surface area contributed by atoms with Crippen LogP contribution in [-0.4, -0.2) is 10.6 Å². The van der Waals surface area contributed by atoms with Crippen LogP contribution >= 0.6 is 46.4 Å². The molecule has 0 heterocycles. The van der Waals surface area contributed by atoms with Crippen LogP contribution in [0.1, 0.15) is 26.3 Å². The monoisotopic (exact) mass is 467 g/mol. The van der Waals surface area contributed by atoms with Crippen molar-refractivity contribution in [3.8, 4) is 28.0 Å². The summed E-state index contributed by atoms with van der Waals surface area (Å²) in [7, 11) is 0. The van der Waals surface area contributed by atoms with Gasteiger partial charge in [-0.3, -0.25) is 0 Å². The molecule has 0 fully saturated rings. The number of hydrogen-bond acceptors (Lipinski definition) is 2. The Labute approximate surface area is 191 Å². The average molecular weight is 469 g/mol. The van der Waals surface area contributed by atoms with Crippen molar-refractivity contribution >= 4 is 46.4 Å². The molecule has 0 atom stereocenters. The van der Waals surface area contributed by atoms with Gasteiger partial charge in [-0.1, -0.05) is 58.5 Å². The molecule has 0 aliphatic carbocycles. The van der Waals surface area contributed by atoms with E-state index in [1.54, 1.807) is 18.2 Å². The lowest BCUT2D eigenvalue weighted by Gasteiger charge is -2.22. The first-order chi connectivity index (χ1) is 13.5. The molecule has 0 aliphatic rings. The highest BCUT2D eigenvalue weighted by molar-refractivity contribution is 6.42. The van der Waals surface area contributed by atoms with Crippen LogP contribution in [0, 0.1) is 0 Å². The molecular weight excluding hydrogens is 448 g/mol. The Bertz CT molecular complexity index is 1060. The first kappa shape index (κ1) is 22.3. The van der Waals surface area contributed by atoms with Crippen LogP contribution < -0.4 is 5.32 Å². The van der Waals surface area contributed by atoms with Crippen LogP contribution in [0.4, 0.5) is 0 Å². The van der Waals surface area contributed by atoms with Crippen LogP contribution in [-0.2, 0) is 6.54 Å². The molecule has 0 aromatic heterocycles. The molecule has 29 heavy (non-hydrogen) atoms. The van der Waals surface area contributed by atoms with E-state index in [4.69, 9.17) is 46.4 Å². The van der Waals surface area contributed by atoms with Crippen LogP contribution in [0.5, 0.6) is 5.75 Å². The van der Waals surface area contributed by atoms with Crippen molar-refractivity contribution in [1.29, 1.82) is 0 Å². The van der Waals surface area contributed by atoms with Crippen molar-refractivity contribution in [1.82, 2.24) is 5.32 Å². The van der Waals surface area contributed by atoms with E-state index in [-0.39, 0.29) is 11.3 Å². The average Bonchev–Trinajstić information content (AvgIpc) is 2.65. The fourth-order valence-electron chi connectivity index (χ4n) is 2.92. The topological polar surface area (TPSA) is 32.3 Å². The maximum atomic E-state index is 11.0. The molecule has 6 heteroatoms. The largest absolute Gasteiger partial charge is 0.507 e. The second-order valence-corrected chi connectivity index (χ2v) is 9.52. The van der Waals surface area contributed by atoms with Gasteiger partial charge in [0.15, 0.2) is 0 Å². The standard InChI is InChI=1S/C23H21Cl4NO/c1-23(2,3)28-12-16-8-15(13-4-6-18(24)20(26)10-13)9-17(22(16)29)14-5-7-19(25)21(27)11-14/h4-11,28-29H,12H2,1-3H3. The van der Waals surface area contributed by atoms with Crippen LogP contribution in [0.15, 0.2) is 48.5 Å². The van der Waals surface area contributed by atoms with Crippen molar-refractivity contribution in [3.05, 3.63) is 74.2 Å². The fraction of sp³-hybridized carbons (Fsp3) is 0.217. The van der Waals surface area contributed by atoms with Crippen molar-refractivity contribution in [3.63, 3.8) is 0 Å². The Hall–Kier alpha value is -1.42. The molecule has 0 bridgehead atoms. The van der Waals surface area contributed by atoms with E-state index < -0.39 is 0 Å². The number of rotatable bonds is 4. The normalized spacial score (nSPS) is 11.7. The van der Waals surface area contributed by atoms with Crippen molar-refractivity contribution in [2.75, 3.05) is 0 Å². The molecule has 0 radical (unpaired) electrons. The van der Waals surface area contributed by atoms with Gasteiger partial charge in [-0.15, -0.1) is 0 Å². The molecule has 3 aromatic rings. The molecule has 0 saturated heterocycles.